The van der Waals surface area contributed by atoms with Crippen molar-refractivity contribution in [1.29, 1.82) is 0 Å². The summed E-state index contributed by atoms with van der Waals surface area (Å²) in [5.74, 6) is 0.223. The van der Waals surface area contributed by atoms with Gasteiger partial charge in [-0.15, -0.1) is 0 Å². The number of nitrogens with one attached hydrogen (secondary N) is 1. The molecular weight excluding hydrogens is 330 g/mol. The summed E-state index contributed by atoms with van der Waals surface area (Å²) >= 11 is 1.43. The monoisotopic (exact) mass is 355 g/mol. The van der Waals surface area contributed by atoms with Crippen LogP contribution in [0.15, 0.2) is 17.4 Å². The Morgan fingerprint density at radius 1 is 1.42 bits per heavy atom. The van der Waals surface area contributed by atoms with Crippen LogP contribution >= 0.6 is 11.8 Å². The van der Waals surface area contributed by atoms with E-state index in [4.69, 9.17) is 14.2 Å². The number of hydrogen-bond acceptors (Lipinski definition) is 8. The van der Waals surface area contributed by atoms with Crippen LogP contribution in [0.25, 0.3) is 6.08 Å². The molecule has 0 fully saturated rings. The van der Waals surface area contributed by atoms with Crippen molar-refractivity contribution < 1.29 is 19.0 Å². The minimum absolute atomic E-state index is 0.380. The number of aromatic nitrogens is 2. The van der Waals surface area contributed by atoms with Crippen molar-refractivity contribution in [3.63, 3.8) is 0 Å². The van der Waals surface area contributed by atoms with E-state index >= 15 is 0 Å². The van der Waals surface area contributed by atoms with Crippen LogP contribution in [0.2, 0.25) is 0 Å². The highest BCUT2D eigenvalue weighted by molar-refractivity contribution is 7.98. The maximum absolute atomic E-state index is 11.7. The molecule has 0 radical (unpaired) electrons. The van der Waals surface area contributed by atoms with E-state index in [2.05, 4.69) is 15.3 Å². The molecule has 0 aliphatic rings. The molecule has 8 heteroatoms. The number of rotatable bonds is 11. The zero-order valence-corrected chi connectivity index (χ0v) is 15.4. The molecule has 0 unspecified atom stereocenters. The van der Waals surface area contributed by atoms with Crippen molar-refractivity contribution in [3.8, 4) is 0 Å². The second kappa shape index (κ2) is 11.8. The minimum atomic E-state index is -0.395. The van der Waals surface area contributed by atoms with E-state index in [9.17, 15) is 4.79 Å². The summed E-state index contributed by atoms with van der Waals surface area (Å²) in [6, 6.07) is 0. The van der Waals surface area contributed by atoms with Crippen molar-refractivity contribution in [1.82, 2.24) is 9.97 Å². The van der Waals surface area contributed by atoms with Crippen molar-refractivity contribution in [2.24, 2.45) is 0 Å². The minimum Gasteiger partial charge on any atom is -0.463 e. The number of anilines is 1. The molecule has 1 N–H and O–H groups in total. The molecule has 0 saturated heterocycles. The molecule has 24 heavy (non-hydrogen) atoms. The Hall–Kier alpha value is -1.64. The van der Waals surface area contributed by atoms with Gasteiger partial charge in [-0.25, -0.2) is 14.8 Å². The van der Waals surface area contributed by atoms with Crippen molar-refractivity contribution in [2.45, 2.75) is 31.2 Å². The van der Waals surface area contributed by atoms with Crippen LogP contribution in [0.4, 0.5) is 5.82 Å². The Morgan fingerprint density at radius 2 is 2.17 bits per heavy atom. The Balaban J connectivity index is 2.79. The van der Waals surface area contributed by atoms with Crippen LogP contribution in [0, 0.1) is 0 Å². The Kier molecular flexibility index (Phi) is 10.1. The fourth-order valence-corrected chi connectivity index (χ4v) is 2.04. The molecule has 0 atom stereocenters. The van der Waals surface area contributed by atoms with Gasteiger partial charge in [-0.05, 0) is 18.8 Å². The Morgan fingerprint density at radius 3 is 2.79 bits per heavy atom. The Labute approximate surface area is 147 Å². The maximum Gasteiger partial charge on any atom is 0.330 e. The average Bonchev–Trinajstić information content (AvgIpc) is 2.61. The number of carbonyl (C=O) groups excluding carboxylic acids is 1. The van der Waals surface area contributed by atoms with E-state index in [1.54, 1.807) is 26.5 Å². The van der Waals surface area contributed by atoms with Crippen molar-refractivity contribution in [2.75, 3.05) is 38.9 Å². The number of thioether (sulfide) groups is 1. The van der Waals surface area contributed by atoms with Crippen LogP contribution in [0.5, 0.6) is 0 Å². The number of ether oxygens (including phenoxy) is 3. The third-order valence-corrected chi connectivity index (χ3v) is 3.64. The summed E-state index contributed by atoms with van der Waals surface area (Å²) in [5, 5.41) is 3.78. The first-order valence-corrected chi connectivity index (χ1v) is 8.92. The fraction of sp³-hybridized carbons (Fsp3) is 0.562. The SMILES string of the molecule is CCCCOC(=O)/C=C/c1cnc(SC)nc1NCC(OC)OC. The van der Waals surface area contributed by atoms with E-state index < -0.39 is 6.29 Å². The second-order valence-corrected chi connectivity index (χ2v) is 5.57. The normalized spacial score (nSPS) is 11.2. The maximum atomic E-state index is 11.7. The number of hydrogen-bond donors (Lipinski definition) is 1. The number of esters is 1. The predicted molar refractivity (Wildman–Crippen MR) is 95.0 cm³/mol. The molecular formula is C16H25N3O4S. The van der Waals surface area contributed by atoms with Gasteiger partial charge in [0.15, 0.2) is 11.4 Å². The summed E-state index contributed by atoms with van der Waals surface area (Å²) in [4.78, 5) is 20.3. The highest BCUT2D eigenvalue weighted by Crippen LogP contribution is 2.18. The van der Waals surface area contributed by atoms with Crippen LogP contribution in [-0.2, 0) is 19.0 Å². The van der Waals surface area contributed by atoms with E-state index in [1.165, 1.54) is 17.8 Å². The zero-order valence-electron chi connectivity index (χ0n) is 14.6. The molecule has 0 aromatic carbocycles. The molecule has 1 aromatic heterocycles. The van der Waals surface area contributed by atoms with Gasteiger partial charge in [0.2, 0.25) is 0 Å². The molecule has 0 saturated carbocycles. The lowest BCUT2D eigenvalue weighted by molar-refractivity contribution is -0.137. The van der Waals surface area contributed by atoms with Gasteiger partial charge < -0.3 is 19.5 Å². The van der Waals surface area contributed by atoms with Gasteiger partial charge in [-0.1, -0.05) is 25.1 Å². The van der Waals surface area contributed by atoms with Gasteiger partial charge in [0.05, 0.1) is 13.2 Å². The molecule has 0 bridgehead atoms. The number of methoxy groups -OCH3 is 2. The lowest BCUT2D eigenvalue weighted by Crippen LogP contribution is -2.24. The zero-order chi connectivity index (χ0) is 17.8. The van der Waals surface area contributed by atoms with E-state index in [-0.39, 0.29) is 5.97 Å². The van der Waals surface area contributed by atoms with E-state index in [0.29, 0.717) is 29.7 Å². The smallest absolute Gasteiger partial charge is 0.330 e. The largest absolute Gasteiger partial charge is 0.463 e. The van der Waals surface area contributed by atoms with Crippen LogP contribution in [0.3, 0.4) is 0 Å². The van der Waals surface area contributed by atoms with Gasteiger partial charge in [-0.2, -0.15) is 0 Å². The molecule has 134 valence electrons. The van der Waals surface area contributed by atoms with Crippen LogP contribution in [-0.4, -0.2) is 55.9 Å². The van der Waals surface area contributed by atoms with Crippen LogP contribution < -0.4 is 5.32 Å². The molecule has 1 aromatic rings. The first kappa shape index (κ1) is 20.4. The summed E-state index contributed by atoms with van der Waals surface area (Å²) in [6.45, 7) is 2.88. The summed E-state index contributed by atoms with van der Waals surface area (Å²) in [7, 11) is 3.13. The molecule has 0 aliphatic carbocycles. The number of carbonyl (C=O) groups is 1. The topological polar surface area (TPSA) is 82.6 Å². The van der Waals surface area contributed by atoms with Gasteiger partial charge in [0.1, 0.15) is 5.82 Å². The summed E-state index contributed by atoms with van der Waals surface area (Å²) in [6.07, 6.45) is 8.01. The van der Waals surface area contributed by atoms with E-state index in [1.807, 2.05) is 13.2 Å². The first-order valence-electron chi connectivity index (χ1n) is 7.69. The summed E-state index contributed by atoms with van der Waals surface area (Å²) in [5.41, 5.74) is 0.686. The van der Waals surface area contributed by atoms with Crippen molar-refractivity contribution >= 4 is 29.6 Å². The fourth-order valence-electron chi connectivity index (χ4n) is 1.70. The van der Waals surface area contributed by atoms with Gasteiger partial charge in [0, 0.05) is 32.1 Å². The molecule has 7 nitrogen and oxygen atoms in total. The Bertz CT molecular complexity index is 536. The lowest BCUT2D eigenvalue weighted by Gasteiger charge is -2.15. The van der Waals surface area contributed by atoms with Gasteiger partial charge in [0.25, 0.3) is 0 Å². The quantitative estimate of drug-likeness (QED) is 0.162. The standard InChI is InChI=1S/C16H25N3O4S/c1-5-6-9-23-13(20)8-7-12-10-18-16(24-4)19-15(12)17-11-14(21-2)22-3/h7-8,10,14H,5-6,9,11H2,1-4H3,(H,17,18,19)/b8-7+. The third kappa shape index (κ3) is 7.29. The number of nitrogens with zero attached hydrogens (tertiary/aromatic N) is 2. The van der Waals surface area contributed by atoms with Crippen molar-refractivity contribution in [3.05, 3.63) is 17.8 Å². The highest BCUT2D eigenvalue weighted by atomic mass is 32.2. The summed E-state index contributed by atoms with van der Waals surface area (Å²) < 4.78 is 15.4. The third-order valence-electron chi connectivity index (χ3n) is 3.08. The molecule has 1 rings (SSSR count). The highest BCUT2D eigenvalue weighted by Gasteiger charge is 2.09. The molecule has 0 amide bonds. The average molecular weight is 355 g/mol. The molecule has 0 aliphatic heterocycles. The number of unbranched alkanes of at least 4 members (excludes halogenated alkanes) is 1. The molecule has 0 spiro atoms. The molecule has 1 heterocycles. The first-order chi connectivity index (χ1) is 11.6. The second-order valence-electron chi connectivity index (χ2n) is 4.80. The van der Waals surface area contributed by atoms with Gasteiger partial charge in [-0.3, -0.25) is 0 Å². The predicted octanol–water partition coefficient (Wildman–Crippen LogP) is 2.59. The van der Waals surface area contributed by atoms with E-state index in [0.717, 1.165) is 12.8 Å². The van der Waals surface area contributed by atoms with Crippen LogP contribution in [0.1, 0.15) is 25.3 Å². The lowest BCUT2D eigenvalue weighted by atomic mass is 10.2. The van der Waals surface area contributed by atoms with Gasteiger partial charge >= 0.3 is 5.97 Å².